The molecule has 1 aliphatic heterocycles. The summed E-state index contributed by atoms with van der Waals surface area (Å²) in [7, 11) is 0. The smallest absolute Gasteiger partial charge is 0.225 e. The summed E-state index contributed by atoms with van der Waals surface area (Å²) >= 11 is 0. The lowest BCUT2D eigenvalue weighted by atomic mass is 9.79. The summed E-state index contributed by atoms with van der Waals surface area (Å²) in [4.78, 5) is 17.4. The average molecular weight is 295 g/mol. The fourth-order valence-corrected chi connectivity index (χ4v) is 4.25. The van der Waals surface area contributed by atoms with Crippen LogP contribution >= 0.6 is 0 Å². The molecule has 3 atom stereocenters. The highest BCUT2D eigenvalue weighted by Gasteiger charge is 2.34. The van der Waals surface area contributed by atoms with Crippen LogP contribution in [0.25, 0.3) is 0 Å². The zero-order valence-electron chi connectivity index (χ0n) is 13.9. The Morgan fingerprint density at radius 1 is 1.24 bits per heavy atom. The molecule has 1 saturated carbocycles. The van der Waals surface area contributed by atoms with Gasteiger partial charge in [-0.3, -0.25) is 9.69 Å². The van der Waals surface area contributed by atoms with Gasteiger partial charge in [0.1, 0.15) is 0 Å². The number of carbonyl (C=O) groups is 1. The number of nitrogens with two attached hydrogens (primary N) is 1. The molecular formula is C17H33N3O. The fraction of sp³-hybridized carbons (Fsp3) is 0.941. The minimum Gasteiger partial charge on any atom is -0.341 e. The molecule has 1 aliphatic carbocycles. The minimum absolute atomic E-state index is 0.269. The van der Waals surface area contributed by atoms with Crippen LogP contribution in [0.4, 0.5) is 0 Å². The van der Waals surface area contributed by atoms with Crippen molar-refractivity contribution in [3.8, 4) is 0 Å². The van der Waals surface area contributed by atoms with Crippen LogP contribution in [0.1, 0.15) is 52.4 Å². The number of hydrogen-bond donors (Lipinski definition) is 1. The lowest BCUT2D eigenvalue weighted by molar-refractivity contribution is -0.136. The van der Waals surface area contributed by atoms with Gasteiger partial charge in [-0.1, -0.05) is 26.7 Å². The van der Waals surface area contributed by atoms with Crippen molar-refractivity contribution < 1.29 is 4.79 Å². The molecule has 2 aliphatic rings. The fourth-order valence-electron chi connectivity index (χ4n) is 4.25. The Labute approximate surface area is 130 Å². The Morgan fingerprint density at radius 2 is 2.00 bits per heavy atom. The largest absolute Gasteiger partial charge is 0.341 e. The predicted octanol–water partition coefficient (Wildman–Crippen LogP) is 2.08. The summed E-state index contributed by atoms with van der Waals surface area (Å²) < 4.78 is 0. The van der Waals surface area contributed by atoms with Gasteiger partial charge < -0.3 is 10.6 Å². The highest BCUT2D eigenvalue weighted by molar-refractivity contribution is 5.79. The molecule has 1 saturated heterocycles. The van der Waals surface area contributed by atoms with Gasteiger partial charge in [0.25, 0.3) is 0 Å². The second-order valence-electron chi connectivity index (χ2n) is 6.75. The van der Waals surface area contributed by atoms with Crippen LogP contribution in [0, 0.1) is 11.8 Å². The Bertz CT molecular complexity index is 328. The first-order chi connectivity index (χ1) is 10.2. The molecule has 2 rings (SSSR count). The van der Waals surface area contributed by atoms with E-state index in [2.05, 4.69) is 23.6 Å². The molecule has 0 bridgehead atoms. The van der Waals surface area contributed by atoms with Crippen LogP contribution in [0.3, 0.4) is 0 Å². The van der Waals surface area contributed by atoms with Crippen LogP contribution in [0.15, 0.2) is 0 Å². The van der Waals surface area contributed by atoms with Gasteiger partial charge in [-0.05, 0) is 51.2 Å². The zero-order valence-corrected chi connectivity index (χ0v) is 13.9. The maximum absolute atomic E-state index is 12.8. The molecule has 0 aromatic rings. The Kier molecular flexibility index (Phi) is 6.49. The number of rotatable bonds is 6. The van der Waals surface area contributed by atoms with Crippen LogP contribution in [0.2, 0.25) is 0 Å². The van der Waals surface area contributed by atoms with E-state index in [0.717, 1.165) is 58.4 Å². The van der Waals surface area contributed by atoms with Gasteiger partial charge in [0.05, 0.1) is 0 Å². The Balaban J connectivity index is 1.86. The molecule has 2 fully saturated rings. The normalized spacial score (nSPS) is 30.1. The minimum atomic E-state index is 0.269. The maximum atomic E-state index is 12.8. The molecule has 4 nitrogen and oxygen atoms in total. The third kappa shape index (κ3) is 4.19. The second kappa shape index (κ2) is 8.14. The first-order valence-electron chi connectivity index (χ1n) is 8.92. The van der Waals surface area contributed by atoms with Crippen LogP contribution in [0.5, 0.6) is 0 Å². The number of hydrogen-bond acceptors (Lipinski definition) is 3. The molecule has 0 aromatic carbocycles. The number of likely N-dealkylation sites (N-methyl/N-ethyl adjacent to an activating group) is 1. The van der Waals surface area contributed by atoms with Gasteiger partial charge in [-0.25, -0.2) is 0 Å². The third-order valence-electron chi connectivity index (χ3n) is 5.51. The molecule has 1 amide bonds. The molecule has 0 spiro atoms. The molecule has 21 heavy (non-hydrogen) atoms. The lowest BCUT2D eigenvalue weighted by Crippen LogP contribution is -2.41. The van der Waals surface area contributed by atoms with Crippen molar-refractivity contribution in [3.05, 3.63) is 0 Å². The quantitative estimate of drug-likeness (QED) is 0.816. The zero-order chi connectivity index (χ0) is 15.2. The van der Waals surface area contributed by atoms with E-state index in [-0.39, 0.29) is 5.92 Å². The van der Waals surface area contributed by atoms with E-state index in [1.54, 1.807) is 0 Å². The Morgan fingerprint density at radius 3 is 2.67 bits per heavy atom. The number of amides is 1. The van der Waals surface area contributed by atoms with E-state index >= 15 is 0 Å². The first-order valence-corrected chi connectivity index (χ1v) is 8.92. The number of nitrogens with zero attached hydrogens (tertiary/aromatic N) is 2. The SMILES string of the molecule is CCN(CC)C1CCN(C(=O)C2CCCC(CCN)C2)C1. The van der Waals surface area contributed by atoms with Crippen molar-refractivity contribution in [1.29, 1.82) is 0 Å². The van der Waals surface area contributed by atoms with Crippen molar-refractivity contribution >= 4 is 5.91 Å². The summed E-state index contributed by atoms with van der Waals surface area (Å²) in [5.74, 6) is 1.37. The highest BCUT2D eigenvalue weighted by Crippen LogP contribution is 2.33. The molecule has 2 N–H and O–H groups in total. The monoisotopic (exact) mass is 295 g/mol. The van der Waals surface area contributed by atoms with Crippen LogP contribution in [-0.2, 0) is 4.79 Å². The van der Waals surface area contributed by atoms with Crippen LogP contribution < -0.4 is 5.73 Å². The van der Waals surface area contributed by atoms with Gasteiger partial charge in [0.2, 0.25) is 5.91 Å². The highest BCUT2D eigenvalue weighted by atomic mass is 16.2. The molecule has 3 unspecified atom stereocenters. The summed E-state index contributed by atoms with van der Waals surface area (Å²) in [6, 6.07) is 0.576. The molecular weight excluding hydrogens is 262 g/mol. The van der Waals surface area contributed by atoms with E-state index in [1.807, 2.05) is 0 Å². The molecule has 122 valence electrons. The standard InChI is InChI=1S/C17H33N3O/c1-3-19(4-2)16-9-11-20(13-16)17(21)15-7-5-6-14(12-15)8-10-18/h14-16H,3-13,18H2,1-2H3. The first kappa shape index (κ1) is 16.8. The average Bonchev–Trinajstić information content (AvgIpc) is 2.98. The second-order valence-corrected chi connectivity index (χ2v) is 6.75. The van der Waals surface area contributed by atoms with Gasteiger partial charge in [-0.15, -0.1) is 0 Å². The lowest BCUT2D eigenvalue weighted by Gasteiger charge is -2.31. The van der Waals surface area contributed by atoms with Gasteiger partial charge in [0.15, 0.2) is 0 Å². The van der Waals surface area contributed by atoms with E-state index in [9.17, 15) is 4.79 Å². The van der Waals surface area contributed by atoms with E-state index in [0.29, 0.717) is 17.9 Å². The third-order valence-corrected chi connectivity index (χ3v) is 5.51. The van der Waals surface area contributed by atoms with Crippen molar-refractivity contribution in [2.24, 2.45) is 17.6 Å². The predicted molar refractivity (Wildman–Crippen MR) is 87.0 cm³/mol. The summed E-state index contributed by atoms with van der Waals surface area (Å²) in [6.45, 7) is 9.27. The molecule has 4 heteroatoms. The topological polar surface area (TPSA) is 49.6 Å². The Hall–Kier alpha value is -0.610. The maximum Gasteiger partial charge on any atom is 0.225 e. The van der Waals surface area contributed by atoms with Crippen molar-refractivity contribution in [3.63, 3.8) is 0 Å². The van der Waals surface area contributed by atoms with Gasteiger partial charge >= 0.3 is 0 Å². The van der Waals surface area contributed by atoms with E-state index in [1.165, 1.54) is 12.8 Å². The molecule has 0 radical (unpaired) electrons. The molecule has 0 aromatic heterocycles. The van der Waals surface area contributed by atoms with Crippen LogP contribution in [-0.4, -0.2) is 54.5 Å². The van der Waals surface area contributed by atoms with Crippen molar-refractivity contribution in [2.45, 2.75) is 58.4 Å². The molecule has 1 heterocycles. The van der Waals surface area contributed by atoms with Crippen molar-refractivity contribution in [1.82, 2.24) is 9.80 Å². The summed E-state index contributed by atoms with van der Waals surface area (Å²) in [6.07, 6.45) is 6.87. The van der Waals surface area contributed by atoms with Gasteiger partial charge in [-0.2, -0.15) is 0 Å². The van der Waals surface area contributed by atoms with Gasteiger partial charge in [0, 0.05) is 25.0 Å². The number of carbonyl (C=O) groups excluding carboxylic acids is 1. The number of likely N-dealkylation sites (tertiary alicyclic amines) is 1. The van der Waals surface area contributed by atoms with Crippen molar-refractivity contribution in [2.75, 3.05) is 32.7 Å². The summed E-state index contributed by atoms with van der Waals surface area (Å²) in [5, 5.41) is 0. The summed E-state index contributed by atoms with van der Waals surface area (Å²) in [5.41, 5.74) is 5.68. The van der Waals surface area contributed by atoms with E-state index < -0.39 is 0 Å². The van der Waals surface area contributed by atoms with E-state index in [4.69, 9.17) is 5.73 Å².